The number of rotatable bonds is 4. The van der Waals surface area contributed by atoms with Crippen LogP contribution in [-0.4, -0.2) is 23.3 Å². The molecule has 2 amide bonds. The number of carbonyl (C=O) groups is 2. The SMILES string of the molecule is Cc1cccc(CN2CC(C(=O)Nc3cccc(Cl)c3Cl)CC2=O)c1. The maximum absolute atomic E-state index is 12.5. The number of benzene rings is 2. The van der Waals surface area contributed by atoms with Crippen LogP contribution in [0.15, 0.2) is 42.5 Å². The predicted octanol–water partition coefficient (Wildman–Crippen LogP) is 4.29. The van der Waals surface area contributed by atoms with Crippen molar-refractivity contribution in [1.29, 1.82) is 0 Å². The molecule has 1 N–H and O–H groups in total. The van der Waals surface area contributed by atoms with E-state index in [0.29, 0.717) is 28.8 Å². The number of carbonyl (C=O) groups excluding carboxylic acids is 2. The van der Waals surface area contributed by atoms with Crippen LogP contribution in [0.3, 0.4) is 0 Å². The highest BCUT2D eigenvalue weighted by Crippen LogP contribution is 2.30. The first kappa shape index (κ1) is 17.8. The number of anilines is 1. The number of halogens is 2. The molecule has 25 heavy (non-hydrogen) atoms. The molecule has 1 aliphatic heterocycles. The predicted molar refractivity (Wildman–Crippen MR) is 99.8 cm³/mol. The lowest BCUT2D eigenvalue weighted by atomic mass is 10.1. The number of hydrogen-bond acceptors (Lipinski definition) is 2. The Morgan fingerprint density at radius 1 is 1.24 bits per heavy atom. The zero-order valence-corrected chi connectivity index (χ0v) is 15.3. The molecular formula is C19H18Cl2N2O2. The molecule has 1 fully saturated rings. The van der Waals surface area contributed by atoms with Gasteiger partial charge in [-0.25, -0.2) is 0 Å². The first-order valence-electron chi connectivity index (χ1n) is 8.02. The van der Waals surface area contributed by atoms with Gasteiger partial charge < -0.3 is 10.2 Å². The van der Waals surface area contributed by atoms with Crippen LogP contribution in [0.2, 0.25) is 10.0 Å². The van der Waals surface area contributed by atoms with Crippen LogP contribution in [0.4, 0.5) is 5.69 Å². The lowest BCUT2D eigenvalue weighted by molar-refractivity contribution is -0.128. The lowest BCUT2D eigenvalue weighted by Gasteiger charge is -2.17. The zero-order valence-electron chi connectivity index (χ0n) is 13.8. The van der Waals surface area contributed by atoms with E-state index in [1.807, 2.05) is 31.2 Å². The third kappa shape index (κ3) is 4.14. The molecule has 1 atom stereocenters. The van der Waals surface area contributed by atoms with E-state index < -0.39 is 5.92 Å². The Kier molecular flexibility index (Phi) is 5.30. The average Bonchev–Trinajstić information content (AvgIpc) is 2.93. The number of nitrogens with one attached hydrogen (secondary N) is 1. The second kappa shape index (κ2) is 7.46. The van der Waals surface area contributed by atoms with Gasteiger partial charge in [0.25, 0.3) is 0 Å². The second-order valence-electron chi connectivity index (χ2n) is 6.25. The minimum absolute atomic E-state index is 0.0150. The van der Waals surface area contributed by atoms with Gasteiger partial charge in [0.2, 0.25) is 11.8 Å². The Morgan fingerprint density at radius 3 is 2.76 bits per heavy atom. The minimum Gasteiger partial charge on any atom is -0.338 e. The Balaban J connectivity index is 1.65. The average molecular weight is 377 g/mol. The molecule has 0 saturated carbocycles. The highest BCUT2D eigenvalue weighted by Gasteiger charge is 2.34. The van der Waals surface area contributed by atoms with Crippen molar-refractivity contribution in [1.82, 2.24) is 4.90 Å². The maximum atomic E-state index is 12.5. The van der Waals surface area contributed by atoms with Crippen LogP contribution in [-0.2, 0) is 16.1 Å². The molecule has 0 bridgehead atoms. The zero-order chi connectivity index (χ0) is 18.0. The Hall–Kier alpha value is -2.04. The molecule has 0 aliphatic carbocycles. The van der Waals surface area contributed by atoms with E-state index in [9.17, 15) is 9.59 Å². The van der Waals surface area contributed by atoms with Crippen LogP contribution < -0.4 is 5.32 Å². The standard InChI is InChI=1S/C19H18Cl2N2O2/c1-12-4-2-5-13(8-12)10-23-11-14(9-17(23)24)19(25)22-16-7-3-6-15(20)18(16)21/h2-8,14H,9-11H2,1H3,(H,22,25). The molecule has 1 unspecified atom stereocenters. The number of amides is 2. The summed E-state index contributed by atoms with van der Waals surface area (Å²) in [7, 11) is 0. The van der Waals surface area contributed by atoms with Crippen molar-refractivity contribution in [3.63, 3.8) is 0 Å². The van der Waals surface area contributed by atoms with E-state index in [2.05, 4.69) is 5.32 Å². The van der Waals surface area contributed by atoms with E-state index in [-0.39, 0.29) is 18.2 Å². The monoisotopic (exact) mass is 376 g/mol. The third-order valence-corrected chi connectivity index (χ3v) is 5.07. The van der Waals surface area contributed by atoms with Gasteiger partial charge in [0.1, 0.15) is 0 Å². The summed E-state index contributed by atoms with van der Waals surface area (Å²) < 4.78 is 0. The maximum Gasteiger partial charge on any atom is 0.229 e. The summed E-state index contributed by atoms with van der Waals surface area (Å²) in [5.74, 6) is -0.629. The first-order chi connectivity index (χ1) is 11.9. The van der Waals surface area contributed by atoms with Crippen LogP contribution in [0, 0.1) is 12.8 Å². The fraction of sp³-hybridized carbons (Fsp3) is 0.263. The van der Waals surface area contributed by atoms with Gasteiger partial charge in [-0.05, 0) is 24.6 Å². The number of nitrogens with zero attached hydrogens (tertiary/aromatic N) is 1. The van der Waals surface area contributed by atoms with Crippen LogP contribution in [0.1, 0.15) is 17.5 Å². The Labute approximate surface area is 156 Å². The summed E-state index contributed by atoms with van der Waals surface area (Å²) in [6.45, 7) is 2.93. The molecule has 3 rings (SSSR count). The molecule has 0 radical (unpaired) electrons. The molecule has 6 heteroatoms. The number of aryl methyl sites for hydroxylation is 1. The highest BCUT2D eigenvalue weighted by molar-refractivity contribution is 6.44. The fourth-order valence-corrected chi connectivity index (χ4v) is 3.31. The lowest BCUT2D eigenvalue weighted by Crippen LogP contribution is -2.28. The van der Waals surface area contributed by atoms with Crippen LogP contribution >= 0.6 is 23.2 Å². The molecule has 130 valence electrons. The van der Waals surface area contributed by atoms with Gasteiger partial charge in [0.05, 0.1) is 21.7 Å². The van der Waals surface area contributed by atoms with Gasteiger partial charge >= 0.3 is 0 Å². The molecule has 0 spiro atoms. The largest absolute Gasteiger partial charge is 0.338 e. The molecule has 1 saturated heterocycles. The highest BCUT2D eigenvalue weighted by atomic mass is 35.5. The number of hydrogen-bond donors (Lipinski definition) is 1. The van der Waals surface area contributed by atoms with Gasteiger partial charge in [-0.15, -0.1) is 0 Å². The Morgan fingerprint density at radius 2 is 2.00 bits per heavy atom. The van der Waals surface area contributed by atoms with Gasteiger partial charge in [-0.3, -0.25) is 9.59 Å². The van der Waals surface area contributed by atoms with Crippen LogP contribution in [0.25, 0.3) is 0 Å². The minimum atomic E-state index is -0.396. The first-order valence-corrected chi connectivity index (χ1v) is 8.78. The van der Waals surface area contributed by atoms with Gasteiger partial charge in [-0.1, -0.05) is 59.1 Å². The van der Waals surface area contributed by atoms with Gasteiger partial charge in [0, 0.05) is 19.5 Å². The smallest absolute Gasteiger partial charge is 0.229 e. The summed E-state index contributed by atoms with van der Waals surface area (Å²) in [5.41, 5.74) is 2.67. The molecule has 0 aromatic heterocycles. The summed E-state index contributed by atoms with van der Waals surface area (Å²) in [6.07, 6.45) is 0.204. The Bertz CT molecular complexity index is 823. The van der Waals surface area contributed by atoms with Gasteiger partial charge in [0.15, 0.2) is 0 Å². The topological polar surface area (TPSA) is 49.4 Å². The van der Waals surface area contributed by atoms with E-state index in [1.54, 1.807) is 23.1 Å². The van der Waals surface area contributed by atoms with Crippen LogP contribution in [0.5, 0.6) is 0 Å². The molecule has 1 aliphatic rings. The summed E-state index contributed by atoms with van der Waals surface area (Å²) in [5, 5.41) is 3.45. The van der Waals surface area contributed by atoms with Crippen molar-refractivity contribution >= 4 is 40.7 Å². The number of likely N-dealkylation sites (tertiary alicyclic amines) is 1. The summed E-state index contributed by atoms with van der Waals surface area (Å²) in [6, 6.07) is 13.1. The summed E-state index contributed by atoms with van der Waals surface area (Å²) in [4.78, 5) is 26.5. The van der Waals surface area contributed by atoms with E-state index >= 15 is 0 Å². The molecule has 2 aromatic carbocycles. The van der Waals surface area contributed by atoms with Crippen molar-refractivity contribution < 1.29 is 9.59 Å². The van der Waals surface area contributed by atoms with Gasteiger partial charge in [-0.2, -0.15) is 0 Å². The van der Waals surface area contributed by atoms with Crippen molar-refractivity contribution in [3.8, 4) is 0 Å². The van der Waals surface area contributed by atoms with E-state index in [1.165, 1.54) is 0 Å². The normalized spacial score (nSPS) is 17.0. The van der Waals surface area contributed by atoms with Crippen molar-refractivity contribution in [2.45, 2.75) is 19.9 Å². The molecule has 2 aromatic rings. The van der Waals surface area contributed by atoms with Crippen molar-refractivity contribution in [3.05, 3.63) is 63.6 Å². The fourth-order valence-electron chi connectivity index (χ4n) is 2.97. The molecular weight excluding hydrogens is 359 g/mol. The van der Waals surface area contributed by atoms with Crippen molar-refractivity contribution in [2.75, 3.05) is 11.9 Å². The quantitative estimate of drug-likeness (QED) is 0.864. The second-order valence-corrected chi connectivity index (χ2v) is 7.04. The molecule has 1 heterocycles. The molecule has 4 nitrogen and oxygen atoms in total. The third-order valence-electron chi connectivity index (χ3n) is 4.25. The van der Waals surface area contributed by atoms with Crippen molar-refractivity contribution in [2.24, 2.45) is 5.92 Å². The summed E-state index contributed by atoms with van der Waals surface area (Å²) >= 11 is 12.1. The van der Waals surface area contributed by atoms with E-state index in [4.69, 9.17) is 23.2 Å². The van der Waals surface area contributed by atoms with E-state index in [0.717, 1.165) is 11.1 Å².